The monoisotopic (exact) mass is 468 g/mol. The van der Waals surface area contributed by atoms with Crippen LogP contribution in [0, 0.1) is 6.92 Å². The van der Waals surface area contributed by atoms with Crippen LogP contribution >= 0.6 is 0 Å². The summed E-state index contributed by atoms with van der Waals surface area (Å²) in [6.07, 6.45) is -0.177. The first-order chi connectivity index (χ1) is 16.9. The Labute approximate surface area is 207 Å². The number of fused-ring (bicyclic) bond motifs is 1. The molecule has 5 nitrogen and oxygen atoms in total. The summed E-state index contributed by atoms with van der Waals surface area (Å²) in [6.45, 7) is 8.44. The molecule has 1 aromatic heterocycles. The SMILES string of the molecule is COc1cccc(CNC(C)c2cc3ccccc3c(-c3ccc(C)c(C(=O)OC(C)C)c3)n2)c1. The quantitative estimate of drug-likeness (QED) is 0.294. The number of hydrogen-bond acceptors (Lipinski definition) is 5. The molecule has 5 heteroatoms. The molecule has 1 N–H and O–H groups in total. The molecule has 0 spiro atoms. The highest BCUT2D eigenvalue weighted by atomic mass is 16.5. The second-order valence-corrected chi connectivity index (χ2v) is 9.05. The fraction of sp³-hybridized carbons (Fsp3) is 0.267. The van der Waals surface area contributed by atoms with E-state index in [1.807, 2.05) is 69.3 Å². The lowest BCUT2D eigenvalue weighted by molar-refractivity contribution is 0.0377. The maximum absolute atomic E-state index is 12.7. The van der Waals surface area contributed by atoms with Crippen molar-refractivity contribution in [3.63, 3.8) is 0 Å². The number of esters is 1. The van der Waals surface area contributed by atoms with Gasteiger partial charge in [-0.3, -0.25) is 4.98 Å². The lowest BCUT2D eigenvalue weighted by Crippen LogP contribution is -2.19. The summed E-state index contributed by atoms with van der Waals surface area (Å²) >= 11 is 0. The third kappa shape index (κ3) is 5.69. The first-order valence-corrected chi connectivity index (χ1v) is 11.9. The Morgan fingerprint density at radius 1 is 0.971 bits per heavy atom. The van der Waals surface area contributed by atoms with Crippen molar-refractivity contribution in [2.75, 3.05) is 7.11 Å². The second-order valence-electron chi connectivity index (χ2n) is 9.05. The van der Waals surface area contributed by atoms with Crippen molar-refractivity contribution < 1.29 is 14.3 Å². The molecule has 0 bridgehead atoms. The van der Waals surface area contributed by atoms with Crippen molar-refractivity contribution in [1.29, 1.82) is 0 Å². The Hall–Kier alpha value is -3.70. The number of methoxy groups -OCH3 is 1. The number of carbonyl (C=O) groups is 1. The summed E-state index contributed by atoms with van der Waals surface area (Å²) in [5, 5.41) is 5.73. The summed E-state index contributed by atoms with van der Waals surface area (Å²) < 4.78 is 10.8. The van der Waals surface area contributed by atoms with Crippen LogP contribution in [0.1, 0.15) is 54.0 Å². The highest BCUT2D eigenvalue weighted by Gasteiger charge is 2.17. The topological polar surface area (TPSA) is 60.5 Å². The van der Waals surface area contributed by atoms with Crippen molar-refractivity contribution in [3.8, 4) is 17.0 Å². The van der Waals surface area contributed by atoms with Gasteiger partial charge < -0.3 is 14.8 Å². The zero-order chi connectivity index (χ0) is 24.9. The number of rotatable bonds is 8. The summed E-state index contributed by atoms with van der Waals surface area (Å²) in [4.78, 5) is 17.8. The number of aryl methyl sites for hydroxylation is 1. The molecule has 0 saturated heterocycles. The molecular formula is C30H32N2O3. The number of pyridine rings is 1. The third-order valence-electron chi connectivity index (χ3n) is 6.02. The molecule has 0 amide bonds. The smallest absolute Gasteiger partial charge is 0.338 e. The van der Waals surface area contributed by atoms with E-state index in [0.29, 0.717) is 12.1 Å². The van der Waals surface area contributed by atoms with Gasteiger partial charge in [-0.15, -0.1) is 0 Å². The Bertz CT molecular complexity index is 1350. The molecule has 0 radical (unpaired) electrons. The summed E-state index contributed by atoms with van der Waals surface area (Å²) in [6, 6.07) is 24.3. The number of benzene rings is 3. The minimum atomic E-state index is -0.312. The summed E-state index contributed by atoms with van der Waals surface area (Å²) in [5.41, 5.74) is 5.28. The molecule has 0 aliphatic carbocycles. The first kappa shape index (κ1) is 24.4. The third-order valence-corrected chi connectivity index (χ3v) is 6.02. The van der Waals surface area contributed by atoms with Crippen LogP contribution in [0.15, 0.2) is 72.8 Å². The van der Waals surface area contributed by atoms with Crippen LogP contribution in [0.2, 0.25) is 0 Å². The van der Waals surface area contributed by atoms with E-state index in [9.17, 15) is 4.79 Å². The Balaban J connectivity index is 1.69. The van der Waals surface area contributed by atoms with Crippen LogP contribution in [-0.2, 0) is 11.3 Å². The van der Waals surface area contributed by atoms with Gasteiger partial charge in [-0.2, -0.15) is 0 Å². The van der Waals surface area contributed by atoms with E-state index < -0.39 is 0 Å². The maximum Gasteiger partial charge on any atom is 0.338 e. The minimum Gasteiger partial charge on any atom is -0.497 e. The van der Waals surface area contributed by atoms with Gasteiger partial charge in [-0.05, 0) is 68.5 Å². The van der Waals surface area contributed by atoms with Crippen molar-refractivity contribution in [1.82, 2.24) is 10.3 Å². The van der Waals surface area contributed by atoms with Gasteiger partial charge in [0.15, 0.2) is 0 Å². The van der Waals surface area contributed by atoms with Gasteiger partial charge in [-0.25, -0.2) is 4.79 Å². The molecule has 1 unspecified atom stereocenters. The molecule has 0 aliphatic heterocycles. The lowest BCUT2D eigenvalue weighted by atomic mass is 9.98. The van der Waals surface area contributed by atoms with Crippen LogP contribution in [0.25, 0.3) is 22.0 Å². The molecule has 35 heavy (non-hydrogen) atoms. The molecular weight excluding hydrogens is 436 g/mol. The molecule has 1 heterocycles. The molecule has 0 aliphatic rings. The summed E-state index contributed by atoms with van der Waals surface area (Å²) in [7, 11) is 1.68. The summed E-state index contributed by atoms with van der Waals surface area (Å²) in [5.74, 6) is 0.530. The van der Waals surface area contributed by atoms with Gasteiger partial charge in [0.05, 0.1) is 30.2 Å². The molecule has 1 atom stereocenters. The fourth-order valence-electron chi connectivity index (χ4n) is 4.09. The average molecular weight is 469 g/mol. The molecule has 3 aromatic carbocycles. The molecule has 0 fully saturated rings. The van der Waals surface area contributed by atoms with Gasteiger partial charge in [0.25, 0.3) is 0 Å². The Morgan fingerprint density at radius 3 is 2.54 bits per heavy atom. The van der Waals surface area contributed by atoms with Gasteiger partial charge >= 0.3 is 5.97 Å². The predicted molar refractivity (Wildman–Crippen MR) is 141 cm³/mol. The standard InChI is InChI=1S/C30H32N2O3/c1-19(2)35-30(33)27-16-24(14-13-20(27)3)29-26-12-7-6-10-23(26)17-28(32-29)21(4)31-18-22-9-8-11-25(15-22)34-5/h6-17,19,21,31H,18H2,1-5H3. The number of nitrogens with one attached hydrogen (secondary N) is 1. The second kappa shape index (κ2) is 10.7. The lowest BCUT2D eigenvalue weighted by Gasteiger charge is -2.17. The van der Waals surface area contributed by atoms with E-state index in [1.54, 1.807) is 7.11 Å². The van der Waals surface area contributed by atoms with Crippen LogP contribution in [0.4, 0.5) is 0 Å². The number of hydrogen-bond donors (Lipinski definition) is 1. The zero-order valence-electron chi connectivity index (χ0n) is 21.0. The van der Waals surface area contributed by atoms with Crippen molar-refractivity contribution >= 4 is 16.7 Å². The zero-order valence-corrected chi connectivity index (χ0v) is 21.0. The van der Waals surface area contributed by atoms with E-state index >= 15 is 0 Å². The molecule has 0 saturated carbocycles. The Morgan fingerprint density at radius 2 is 1.77 bits per heavy atom. The average Bonchev–Trinajstić information content (AvgIpc) is 2.86. The van der Waals surface area contributed by atoms with Crippen molar-refractivity contribution in [2.24, 2.45) is 0 Å². The number of ether oxygens (including phenoxy) is 2. The molecule has 180 valence electrons. The van der Waals surface area contributed by atoms with Gasteiger partial charge in [0.2, 0.25) is 0 Å². The predicted octanol–water partition coefficient (Wildman–Crippen LogP) is 6.63. The van der Waals surface area contributed by atoms with E-state index in [4.69, 9.17) is 14.5 Å². The maximum atomic E-state index is 12.7. The van der Waals surface area contributed by atoms with Crippen LogP contribution in [0.3, 0.4) is 0 Å². The van der Waals surface area contributed by atoms with Crippen molar-refractivity contribution in [2.45, 2.75) is 46.4 Å². The normalized spacial score (nSPS) is 12.1. The van der Waals surface area contributed by atoms with Gasteiger partial charge in [-0.1, -0.05) is 48.5 Å². The number of aromatic nitrogens is 1. The van der Waals surface area contributed by atoms with E-state index in [-0.39, 0.29) is 18.1 Å². The van der Waals surface area contributed by atoms with Crippen LogP contribution < -0.4 is 10.1 Å². The minimum absolute atomic E-state index is 0.0142. The Kier molecular flexibility index (Phi) is 7.47. The van der Waals surface area contributed by atoms with E-state index in [2.05, 4.69) is 36.5 Å². The number of nitrogens with zero attached hydrogens (tertiary/aromatic N) is 1. The highest BCUT2D eigenvalue weighted by Crippen LogP contribution is 2.31. The van der Waals surface area contributed by atoms with Gasteiger partial charge in [0, 0.05) is 23.5 Å². The molecule has 4 rings (SSSR count). The van der Waals surface area contributed by atoms with E-state index in [1.165, 1.54) is 0 Å². The largest absolute Gasteiger partial charge is 0.497 e. The highest BCUT2D eigenvalue weighted by molar-refractivity contribution is 5.97. The first-order valence-electron chi connectivity index (χ1n) is 11.9. The van der Waals surface area contributed by atoms with Gasteiger partial charge in [0.1, 0.15) is 5.75 Å². The van der Waals surface area contributed by atoms with E-state index in [0.717, 1.165) is 44.6 Å². The number of carbonyl (C=O) groups excluding carboxylic acids is 1. The van der Waals surface area contributed by atoms with Crippen LogP contribution in [0.5, 0.6) is 5.75 Å². The molecule has 4 aromatic rings. The van der Waals surface area contributed by atoms with Crippen molar-refractivity contribution in [3.05, 3.63) is 95.2 Å². The van der Waals surface area contributed by atoms with Crippen LogP contribution in [-0.4, -0.2) is 24.2 Å². The fourth-order valence-corrected chi connectivity index (χ4v) is 4.09.